The molecule has 1 rings (SSSR count). The van der Waals surface area contributed by atoms with Crippen molar-refractivity contribution in [3.05, 3.63) is 22.4 Å². The largest absolute Gasteiger partial charge is 0.383 e. The van der Waals surface area contributed by atoms with Gasteiger partial charge in [-0.15, -0.1) is 11.3 Å². The van der Waals surface area contributed by atoms with E-state index in [1.54, 1.807) is 19.2 Å². The molecular weight excluding hydrogens is 240 g/mol. The van der Waals surface area contributed by atoms with Crippen LogP contribution in [0.5, 0.6) is 0 Å². The summed E-state index contributed by atoms with van der Waals surface area (Å²) in [6.45, 7) is 2.26. The van der Waals surface area contributed by atoms with Crippen molar-refractivity contribution in [1.82, 2.24) is 10.6 Å². The van der Waals surface area contributed by atoms with Crippen LogP contribution in [0.25, 0.3) is 0 Å². The van der Waals surface area contributed by atoms with Gasteiger partial charge in [-0.05, 0) is 18.4 Å². The highest BCUT2D eigenvalue weighted by Gasteiger charge is 2.10. The molecule has 0 radical (unpaired) electrons. The Morgan fingerprint density at radius 3 is 2.88 bits per heavy atom. The van der Waals surface area contributed by atoms with Crippen LogP contribution in [0.4, 0.5) is 0 Å². The summed E-state index contributed by atoms with van der Waals surface area (Å²) in [5, 5.41) is 7.07. The molecule has 2 amide bonds. The molecule has 0 fully saturated rings. The molecule has 5 nitrogen and oxygen atoms in total. The molecule has 0 aliphatic carbocycles. The van der Waals surface area contributed by atoms with Gasteiger partial charge in [0.05, 0.1) is 18.0 Å². The van der Waals surface area contributed by atoms with Gasteiger partial charge in [0, 0.05) is 13.2 Å². The van der Waals surface area contributed by atoms with Crippen LogP contribution in [-0.4, -0.2) is 38.1 Å². The molecule has 6 heteroatoms. The Labute approximate surface area is 104 Å². The van der Waals surface area contributed by atoms with Gasteiger partial charge in [-0.3, -0.25) is 9.59 Å². The quantitative estimate of drug-likeness (QED) is 0.784. The lowest BCUT2D eigenvalue weighted by atomic mass is 10.3. The molecule has 0 spiro atoms. The number of rotatable bonds is 6. The SMILES string of the molecule is COCC(C)NC(=O)CNC(=O)c1cccs1. The molecule has 0 saturated heterocycles. The van der Waals surface area contributed by atoms with Crippen LogP contribution in [0.3, 0.4) is 0 Å². The number of carbonyl (C=O) groups excluding carboxylic acids is 2. The first-order chi connectivity index (χ1) is 8.13. The first-order valence-corrected chi connectivity index (χ1v) is 6.11. The van der Waals surface area contributed by atoms with Gasteiger partial charge in [-0.1, -0.05) is 6.07 Å². The van der Waals surface area contributed by atoms with E-state index in [4.69, 9.17) is 4.74 Å². The Morgan fingerprint density at radius 1 is 1.53 bits per heavy atom. The van der Waals surface area contributed by atoms with Crippen molar-refractivity contribution < 1.29 is 14.3 Å². The monoisotopic (exact) mass is 256 g/mol. The van der Waals surface area contributed by atoms with Crippen molar-refractivity contribution in [2.24, 2.45) is 0 Å². The second-order valence-corrected chi connectivity index (χ2v) is 4.53. The predicted octanol–water partition coefficient (Wildman–Crippen LogP) is 0.629. The van der Waals surface area contributed by atoms with Crippen LogP contribution in [0.15, 0.2) is 17.5 Å². The van der Waals surface area contributed by atoms with Gasteiger partial charge < -0.3 is 15.4 Å². The normalized spacial score (nSPS) is 11.9. The number of carbonyl (C=O) groups is 2. The minimum Gasteiger partial charge on any atom is -0.383 e. The number of ether oxygens (including phenoxy) is 1. The Kier molecular flexibility index (Phi) is 5.65. The fourth-order valence-corrected chi connectivity index (χ4v) is 1.91. The Bertz CT molecular complexity index is 365. The molecule has 0 saturated carbocycles. The maximum Gasteiger partial charge on any atom is 0.261 e. The number of hydrogen-bond acceptors (Lipinski definition) is 4. The van der Waals surface area contributed by atoms with Crippen LogP contribution in [0, 0.1) is 0 Å². The summed E-state index contributed by atoms with van der Waals surface area (Å²) >= 11 is 1.34. The van der Waals surface area contributed by atoms with E-state index in [1.165, 1.54) is 11.3 Å². The lowest BCUT2D eigenvalue weighted by molar-refractivity contribution is -0.121. The fraction of sp³-hybridized carbons (Fsp3) is 0.455. The third kappa shape index (κ3) is 4.97. The minimum absolute atomic E-state index is 0.0230. The van der Waals surface area contributed by atoms with Crippen LogP contribution < -0.4 is 10.6 Å². The van der Waals surface area contributed by atoms with E-state index in [-0.39, 0.29) is 24.4 Å². The van der Waals surface area contributed by atoms with Gasteiger partial charge in [0.2, 0.25) is 5.91 Å². The maximum absolute atomic E-state index is 11.5. The molecule has 1 atom stereocenters. The fourth-order valence-electron chi connectivity index (χ4n) is 1.27. The van der Waals surface area contributed by atoms with Gasteiger partial charge in [0.25, 0.3) is 5.91 Å². The van der Waals surface area contributed by atoms with Crippen LogP contribution in [0.2, 0.25) is 0 Å². The second-order valence-electron chi connectivity index (χ2n) is 3.58. The van der Waals surface area contributed by atoms with Gasteiger partial charge >= 0.3 is 0 Å². The summed E-state index contributed by atoms with van der Waals surface area (Å²) in [5.41, 5.74) is 0. The molecule has 1 aromatic heterocycles. The van der Waals surface area contributed by atoms with Crippen molar-refractivity contribution in [2.45, 2.75) is 13.0 Å². The van der Waals surface area contributed by atoms with E-state index in [9.17, 15) is 9.59 Å². The first kappa shape index (κ1) is 13.7. The molecule has 0 bridgehead atoms. The number of hydrogen-bond donors (Lipinski definition) is 2. The molecule has 17 heavy (non-hydrogen) atoms. The van der Waals surface area contributed by atoms with E-state index in [0.717, 1.165) is 0 Å². The zero-order chi connectivity index (χ0) is 12.7. The van der Waals surface area contributed by atoms with E-state index in [1.807, 2.05) is 12.3 Å². The summed E-state index contributed by atoms with van der Waals surface area (Å²) in [6, 6.07) is 3.44. The minimum atomic E-state index is -0.227. The molecule has 0 aliphatic rings. The Morgan fingerprint density at radius 2 is 2.29 bits per heavy atom. The smallest absolute Gasteiger partial charge is 0.261 e. The van der Waals surface area contributed by atoms with Crippen LogP contribution in [0.1, 0.15) is 16.6 Å². The number of amides is 2. The van der Waals surface area contributed by atoms with E-state index < -0.39 is 0 Å². The molecule has 1 heterocycles. The van der Waals surface area contributed by atoms with Gasteiger partial charge in [-0.25, -0.2) is 0 Å². The highest BCUT2D eigenvalue weighted by molar-refractivity contribution is 7.12. The summed E-state index contributed by atoms with van der Waals surface area (Å²) in [5.74, 6) is -0.450. The maximum atomic E-state index is 11.5. The zero-order valence-electron chi connectivity index (χ0n) is 9.86. The van der Waals surface area contributed by atoms with E-state index in [2.05, 4.69) is 10.6 Å². The molecule has 1 aromatic rings. The number of thiophene rings is 1. The van der Waals surface area contributed by atoms with Gasteiger partial charge in [-0.2, -0.15) is 0 Å². The summed E-state index contributed by atoms with van der Waals surface area (Å²) in [4.78, 5) is 23.5. The second kappa shape index (κ2) is 7.03. The van der Waals surface area contributed by atoms with Crippen molar-refractivity contribution in [2.75, 3.05) is 20.3 Å². The average molecular weight is 256 g/mol. The highest BCUT2D eigenvalue weighted by atomic mass is 32.1. The van der Waals surface area contributed by atoms with Crippen molar-refractivity contribution in [3.8, 4) is 0 Å². The topological polar surface area (TPSA) is 67.4 Å². The number of methoxy groups -OCH3 is 1. The number of nitrogens with one attached hydrogen (secondary N) is 2. The molecular formula is C11H16N2O3S. The predicted molar refractivity (Wildman–Crippen MR) is 66.1 cm³/mol. The summed E-state index contributed by atoms with van der Waals surface area (Å²) in [7, 11) is 1.57. The van der Waals surface area contributed by atoms with E-state index >= 15 is 0 Å². The highest BCUT2D eigenvalue weighted by Crippen LogP contribution is 2.07. The van der Waals surface area contributed by atoms with Crippen molar-refractivity contribution >= 4 is 23.2 Å². The molecule has 2 N–H and O–H groups in total. The third-order valence-corrected chi connectivity index (χ3v) is 2.85. The van der Waals surface area contributed by atoms with Crippen molar-refractivity contribution in [3.63, 3.8) is 0 Å². The van der Waals surface area contributed by atoms with Crippen molar-refractivity contribution in [1.29, 1.82) is 0 Å². The van der Waals surface area contributed by atoms with Gasteiger partial charge in [0.1, 0.15) is 0 Å². The molecule has 0 aliphatic heterocycles. The van der Waals surface area contributed by atoms with Crippen LogP contribution in [-0.2, 0) is 9.53 Å². The molecule has 1 unspecified atom stereocenters. The zero-order valence-corrected chi connectivity index (χ0v) is 10.7. The lowest BCUT2D eigenvalue weighted by Gasteiger charge is -2.12. The summed E-state index contributed by atoms with van der Waals surface area (Å²) in [6.07, 6.45) is 0. The molecule has 0 aromatic carbocycles. The van der Waals surface area contributed by atoms with Crippen LogP contribution >= 0.6 is 11.3 Å². The third-order valence-electron chi connectivity index (χ3n) is 1.98. The molecule has 94 valence electrons. The lowest BCUT2D eigenvalue weighted by Crippen LogP contribution is -2.42. The average Bonchev–Trinajstić information content (AvgIpc) is 2.79. The Hall–Kier alpha value is -1.40. The summed E-state index contributed by atoms with van der Waals surface area (Å²) < 4.78 is 4.89. The Balaban J connectivity index is 2.26. The standard InChI is InChI=1S/C11H16N2O3S/c1-8(7-16-2)13-10(14)6-12-11(15)9-4-3-5-17-9/h3-5,8H,6-7H2,1-2H3,(H,12,15)(H,13,14). The first-order valence-electron chi connectivity index (χ1n) is 5.23. The van der Waals surface area contributed by atoms with Gasteiger partial charge in [0.15, 0.2) is 0 Å². The van der Waals surface area contributed by atoms with E-state index in [0.29, 0.717) is 11.5 Å².